The van der Waals surface area contributed by atoms with E-state index in [4.69, 9.17) is 11.5 Å². The smallest absolute Gasteiger partial charge is 0.250 e. The van der Waals surface area contributed by atoms with Gasteiger partial charge in [0, 0.05) is 5.69 Å². The number of benzene rings is 2. The van der Waals surface area contributed by atoms with E-state index in [1.165, 1.54) is 0 Å². The van der Waals surface area contributed by atoms with Crippen LogP contribution in [-0.2, 0) is 4.79 Å². The molecule has 0 heterocycles. The lowest BCUT2D eigenvalue weighted by Crippen LogP contribution is -2.28. The van der Waals surface area contributed by atoms with Gasteiger partial charge in [0.25, 0.3) is 5.91 Å². The lowest BCUT2D eigenvalue weighted by Gasteiger charge is -2.18. The van der Waals surface area contributed by atoms with Gasteiger partial charge in [-0.15, -0.1) is 0 Å². The Morgan fingerprint density at radius 1 is 0.900 bits per heavy atom. The Bertz CT molecular complexity index is 626. The number of nitrogens with one attached hydrogen (secondary N) is 1. The fraction of sp³-hybridized carbons (Fsp3) is 0.0667. The molecule has 0 fully saturated rings. The van der Waals surface area contributed by atoms with Crippen LogP contribution in [0.3, 0.4) is 0 Å². The van der Waals surface area contributed by atoms with Gasteiger partial charge in [-0.3, -0.25) is 9.59 Å². The summed E-state index contributed by atoms with van der Waals surface area (Å²) in [6, 6.07) is 15.0. The second kappa shape index (κ2) is 5.88. The Balaban J connectivity index is 2.35. The van der Waals surface area contributed by atoms with Crippen molar-refractivity contribution in [3.8, 4) is 0 Å². The van der Waals surface area contributed by atoms with E-state index in [1.807, 2.05) is 18.2 Å². The van der Waals surface area contributed by atoms with Crippen LogP contribution < -0.4 is 16.8 Å². The molecule has 5 heteroatoms. The molecule has 5 nitrogen and oxygen atoms in total. The van der Waals surface area contributed by atoms with Gasteiger partial charge in [-0.05, 0) is 17.7 Å². The van der Waals surface area contributed by atoms with Gasteiger partial charge in [0.1, 0.15) is 6.04 Å². The summed E-state index contributed by atoms with van der Waals surface area (Å²) in [5, 5.41) is 2.97. The predicted molar refractivity (Wildman–Crippen MR) is 77.0 cm³/mol. The zero-order chi connectivity index (χ0) is 14.5. The van der Waals surface area contributed by atoms with E-state index in [0.717, 1.165) is 5.56 Å². The van der Waals surface area contributed by atoms with Crippen LogP contribution in [0.1, 0.15) is 22.0 Å². The van der Waals surface area contributed by atoms with Gasteiger partial charge in [-0.1, -0.05) is 42.5 Å². The van der Waals surface area contributed by atoms with Crippen LogP contribution in [0, 0.1) is 0 Å². The summed E-state index contributed by atoms with van der Waals surface area (Å²) >= 11 is 0. The molecule has 0 aliphatic heterocycles. The molecule has 2 rings (SSSR count). The van der Waals surface area contributed by atoms with E-state index in [-0.39, 0.29) is 0 Å². The van der Waals surface area contributed by atoms with Crippen LogP contribution in [-0.4, -0.2) is 11.8 Å². The first kappa shape index (κ1) is 13.6. The maximum atomic E-state index is 11.6. The Labute approximate surface area is 116 Å². The van der Waals surface area contributed by atoms with E-state index in [2.05, 4.69) is 5.32 Å². The number of carbonyl (C=O) groups is 2. The fourth-order valence-corrected chi connectivity index (χ4v) is 1.94. The van der Waals surface area contributed by atoms with E-state index >= 15 is 0 Å². The second-order valence-electron chi connectivity index (χ2n) is 4.30. The van der Waals surface area contributed by atoms with Crippen LogP contribution in [0.25, 0.3) is 0 Å². The number of para-hydroxylation sites is 1. The van der Waals surface area contributed by atoms with Crippen LogP contribution in [0.2, 0.25) is 0 Å². The molecular formula is C15H15N3O2. The summed E-state index contributed by atoms with van der Waals surface area (Å²) in [6.45, 7) is 0. The van der Waals surface area contributed by atoms with E-state index in [1.54, 1.807) is 36.4 Å². The Hall–Kier alpha value is -2.82. The summed E-state index contributed by atoms with van der Waals surface area (Å²) in [6.07, 6.45) is 0. The molecule has 0 aromatic heterocycles. The van der Waals surface area contributed by atoms with E-state index in [9.17, 15) is 9.59 Å². The Morgan fingerprint density at radius 2 is 1.50 bits per heavy atom. The summed E-state index contributed by atoms with van der Waals surface area (Å²) in [5.41, 5.74) is 12.3. The molecule has 0 saturated heterocycles. The van der Waals surface area contributed by atoms with Crippen molar-refractivity contribution in [2.45, 2.75) is 6.04 Å². The summed E-state index contributed by atoms with van der Waals surface area (Å²) < 4.78 is 0. The monoisotopic (exact) mass is 269 g/mol. The molecule has 2 aromatic rings. The average molecular weight is 269 g/mol. The molecule has 5 N–H and O–H groups in total. The van der Waals surface area contributed by atoms with Gasteiger partial charge >= 0.3 is 0 Å². The highest BCUT2D eigenvalue weighted by atomic mass is 16.1. The van der Waals surface area contributed by atoms with Crippen molar-refractivity contribution in [1.82, 2.24) is 0 Å². The first-order valence-electron chi connectivity index (χ1n) is 6.09. The number of primary amides is 2. The Kier molecular flexibility index (Phi) is 4.00. The van der Waals surface area contributed by atoms with Crippen LogP contribution in [0.4, 0.5) is 5.69 Å². The van der Waals surface area contributed by atoms with Gasteiger partial charge < -0.3 is 16.8 Å². The molecule has 20 heavy (non-hydrogen) atoms. The Morgan fingerprint density at radius 3 is 2.10 bits per heavy atom. The van der Waals surface area contributed by atoms with Crippen molar-refractivity contribution >= 4 is 17.5 Å². The quantitative estimate of drug-likeness (QED) is 0.765. The van der Waals surface area contributed by atoms with E-state index in [0.29, 0.717) is 11.3 Å². The zero-order valence-corrected chi connectivity index (χ0v) is 10.7. The summed E-state index contributed by atoms with van der Waals surface area (Å²) in [5.74, 6) is -1.10. The molecule has 2 aromatic carbocycles. The molecule has 0 bridgehead atoms. The number of anilines is 1. The topological polar surface area (TPSA) is 98.2 Å². The molecule has 1 unspecified atom stereocenters. The van der Waals surface area contributed by atoms with Crippen molar-refractivity contribution in [1.29, 1.82) is 0 Å². The second-order valence-corrected chi connectivity index (χ2v) is 4.30. The normalized spacial score (nSPS) is 11.6. The molecule has 0 spiro atoms. The van der Waals surface area contributed by atoms with Gasteiger partial charge in [-0.25, -0.2) is 0 Å². The van der Waals surface area contributed by atoms with Crippen molar-refractivity contribution in [2.75, 3.05) is 5.32 Å². The molecule has 0 saturated carbocycles. The fourth-order valence-electron chi connectivity index (χ4n) is 1.94. The highest BCUT2D eigenvalue weighted by Gasteiger charge is 2.19. The molecule has 1 atom stereocenters. The number of amides is 2. The van der Waals surface area contributed by atoms with Crippen LogP contribution in [0.5, 0.6) is 0 Å². The molecule has 0 aliphatic carbocycles. The minimum absolute atomic E-state index is 0.315. The molecular weight excluding hydrogens is 254 g/mol. The van der Waals surface area contributed by atoms with Crippen molar-refractivity contribution < 1.29 is 9.59 Å². The largest absolute Gasteiger partial charge is 0.369 e. The summed E-state index contributed by atoms with van der Waals surface area (Å²) in [7, 11) is 0. The van der Waals surface area contributed by atoms with Gasteiger partial charge in [0.2, 0.25) is 5.91 Å². The molecule has 0 aliphatic rings. The van der Waals surface area contributed by atoms with Crippen molar-refractivity contribution in [2.24, 2.45) is 11.5 Å². The third-order valence-corrected chi connectivity index (χ3v) is 2.91. The number of nitrogens with two attached hydrogens (primary N) is 2. The number of hydrogen-bond donors (Lipinski definition) is 3. The first-order valence-corrected chi connectivity index (χ1v) is 6.09. The van der Waals surface area contributed by atoms with Gasteiger partial charge in [0.15, 0.2) is 0 Å². The lowest BCUT2D eigenvalue weighted by atomic mass is 10.0. The first-order chi connectivity index (χ1) is 9.59. The number of carbonyl (C=O) groups excluding carboxylic acids is 2. The van der Waals surface area contributed by atoms with Gasteiger partial charge in [-0.2, -0.15) is 0 Å². The van der Waals surface area contributed by atoms with Crippen LogP contribution >= 0.6 is 0 Å². The average Bonchev–Trinajstić information content (AvgIpc) is 2.45. The molecule has 0 radical (unpaired) electrons. The highest BCUT2D eigenvalue weighted by Crippen LogP contribution is 2.22. The maximum Gasteiger partial charge on any atom is 0.250 e. The minimum atomic E-state index is -0.725. The van der Waals surface area contributed by atoms with Crippen LogP contribution in [0.15, 0.2) is 54.6 Å². The van der Waals surface area contributed by atoms with E-state index < -0.39 is 17.9 Å². The number of hydrogen-bond acceptors (Lipinski definition) is 3. The van der Waals surface area contributed by atoms with Crippen molar-refractivity contribution in [3.05, 3.63) is 65.7 Å². The lowest BCUT2D eigenvalue weighted by molar-refractivity contribution is -0.118. The predicted octanol–water partition coefficient (Wildman–Crippen LogP) is 1.42. The standard InChI is InChI=1S/C15H15N3O2/c16-14(19)11-8-4-5-9-12(11)18-13(15(17)20)10-6-2-1-3-7-10/h1-9,13,18H,(H2,16,19)(H2,17,20). The SMILES string of the molecule is NC(=O)c1ccccc1NC(C(N)=O)c1ccccc1. The van der Waals surface area contributed by atoms with Gasteiger partial charge in [0.05, 0.1) is 5.56 Å². The molecule has 102 valence electrons. The zero-order valence-electron chi connectivity index (χ0n) is 10.7. The third-order valence-electron chi connectivity index (χ3n) is 2.91. The van der Waals surface area contributed by atoms with Crippen molar-refractivity contribution in [3.63, 3.8) is 0 Å². The number of rotatable bonds is 5. The maximum absolute atomic E-state index is 11.6. The third kappa shape index (κ3) is 2.95. The minimum Gasteiger partial charge on any atom is -0.369 e. The molecule has 2 amide bonds. The highest BCUT2D eigenvalue weighted by molar-refractivity contribution is 5.99. The summed E-state index contributed by atoms with van der Waals surface area (Å²) in [4.78, 5) is 23.0.